The van der Waals surface area contributed by atoms with Crippen LogP contribution >= 0.6 is 0 Å². The minimum Gasteiger partial charge on any atom is -0.480 e. The number of carboxylic acid groups (broad SMARTS) is 1. The predicted octanol–water partition coefficient (Wildman–Crippen LogP) is 2.36. The molecular formula is C12H17NO3. The summed E-state index contributed by atoms with van der Waals surface area (Å²) in [5, 5.41) is 9.22. The second-order valence-electron chi connectivity index (χ2n) is 4.03. The third-order valence-electron chi connectivity index (χ3n) is 2.88. The zero-order valence-electron chi connectivity index (χ0n) is 9.80. The predicted molar refractivity (Wildman–Crippen MR) is 60.6 cm³/mol. The lowest BCUT2D eigenvalue weighted by molar-refractivity contribution is -0.142. The van der Waals surface area contributed by atoms with E-state index in [0.717, 1.165) is 6.42 Å². The van der Waals surface area contributed by atoms with Crippen LogP contribution in [-0.2, 0) is 4.79 Å². The fourth-order valence-electron chi connectivity index (χ4n) is 1.79. The van der Waals surface area contributed by atoms with Gasteiger partial charge in [-0.1, -0.05) is 20.3 Å². The molecule has 4 nitrogen and oxygen atoms in total. The molecule has 0 saturated carbocycles. The number of carboxylic acids is 1. The second kappa shape index (κ2) is 4.96. The number of nitrogens with zero attached hydrogens (tertiary/aromatic N) is 1. The average molecular weight is 224 g/mol. The van der Waals surface area contributed by atoms with Crippen LogP contribution in [0.1, 0.15) is 43.7 Å². The molecule has 0 saturated heterocycles. The van der Waals surface area contributed by atoms with Crippen molar-refractivity contribution in [3.8, 4) is 0 Å². The SMILES string of the molecule is CCC(C)C(C(=O)O)n1cccc1C([13CH3])=O. The maximum absolute atomic E-state index is 11.4. The van der Waals surface area contributed by atoms with E-state index in [1.54, 1.807) is 22.9 Å². The van der Waals surface area contributed by atoms with Crippen molar-refractivity contribution in [1.82, 2.24) is 4.57 Å². The van der Waals surface area contributed by atoms with Crippen LogP contribution in [0.25, 0.3) is 0 Å². The van der Waals surface area contributed by atoms with Crippen molar-refractivity contribution in [3.05, 3.63) is 24.0 Å². The van der Waals surface area contributed by atoms with Crippen LogP contribution in [0, 0.1) is 5.92 Å². The number of ketones is 1. The third-order valence-corrected chi connectivity index (χ3v) is 2.88. The molecule has 1 rings (SSSR count). The summed E-state index contributed by atoms with van der Waals surface area (Å²) in [4.78, 5) is 22.6. The molecule has 88 valence electrons. The third kappa shape index (κ3) is 2.32. The zero-order chi connectivity index (χ0) is 12.3. The zero-order valence-corrected chi connectivity index (χ0v) is 9.80. The lowest BCUT2D eigenvalue weighted by Gasteiger charge is -2.22. The Balaban J connectivity index is 3.16. The van der Waals surface area contributed by atoms with E-state index in [1.807, 2.05) is 13.8 Å². The van der Waals surface area contributed by atoms with Crippen molar-refractivity contribution in [2.45, 2.75) is 33.2 Å². The fraction of sp³-hybridized carbons (Fsp3) is 0.500. The first-order chi connectivity index (χ1) is 7.49. The van der Waals surface area contributed by atoms with Crippen LogP contribution in [0.3, 0.4) is 0 Å². The van der Waals surface area contributed by atoms with Gasteiger partial charge < -0.3 is 9.67 Å². The van der Waals surface area contributed by atoms with Gasteiger partial charge in [0, 0.05) is 13.1 Å². The number of rotatable bonds is 5. The van der Waals surface area contributed by atoms with Crippen molar-refractivity contribution in [2.75, 3.05) is 0 Å². The number of Topliss-reactive ketones (excluding diaryl/α,β-unsaturated/α-hetero) is 1. The Morgan fingerprint density at radius 1 is 1.50 bits per heavy atom. The molecule has 0 radical (unpaired) electrons. The number of aliphatic carboxylic acids is 1. The summed E-state index contributed by atoms with van der Waals surface area (Å²) in [6, 6.07) is 2.69. The normalized spacial score (nSPS) is 14.4. The molecule has 1 aromatic rings. The molecule has 0 aromatic carbocycles. The largest absolute Gasteiger partial charge is 0.480 e. The number of hydrogen-bond donors (Lipinski definition) is 1. The number of carbonyl (C=O) groups excluding carboxylic acids is 1. The molecule has 16 heavy (non-hydrogen) atoms. The highest BCUT2D eigenvalue weighted by Gasteiger charge is 2.27. The van der Waals surface area contributed by atoms with E-state index in [2.05, 4.69) is 0 Å². The highest BCUT2D eigenvalue weighted by atomic mass is 16.4. The average Bonchev–Trinajstić information content (AvgIpc) is 2.66. The molecule has 4 heteroatoms. The summed E-state index contributed by atoms with van der Waals surface area (Å²) in [5.74, 6) is -1.02. The molecular weight excluding hydrogens is 207 g/mol. The van der Waals surface area contributed by atoms with Crippen LogP contribution in [0.5, 0.6) is 0 Å². The standard InChI is InChI=1S/C12H17NO3/c1-4-8(2)11(12(15)16)13-7-5-6-10(13)9(3)14/h5-8,11H,4H2,1-3H3,(H,15,16)/i3+1. The molecule has 0 aliphatic rings. The maximum atomic E-state index is 11.4. The van der Waals surface area contributed by atoms with Gasteiger partial charge in [-0.2, -0.15) is 0 Å². The second-order valence-corrected chi connectivity index (χ2v) is 4.03. The van der Waals surface area contributed by atoms with Gasteiger partial charge in [0.05, 0.1) is 5.69 Å². The van der Waals surface area contributed by atoms with Gasteiger partial charge in [0.25, 0.3) is 0 Å². The summed E-state index contributed by atoms with van der Waals surface area (Å²) in [6.45, 7) is 5.27. The van der Waals surface area contributed by atoms with Crippen LogP contribution in [0.15, 0.2) is 18.3 Å². The number of hydrogen-bond acceptors (Lipinski definition) is 2. The van der Waals surface area contributed by atoms with E-state index in [-0.39, 0.29) is 11.7 Å². The molecule has 0 fully saturated rings. The van der Waals surface area contributed by atoms with E-state index in [0.29, 0.717) is 5.69 Å². The molecule has 1 aromatic heterocycles. The van der Waals surface area contributed by atoms with Gasteiger partial charge in [0.1, 0.15) is 6.04 Å². The molecule has 0 aliphatic carbocycles. The lowest BCUT2D eigenvalue weighted by atomic mass is 9.99. The van der Waals surface area contributed by atoms with Gasteiger partial charge in [0.2, 0.25) is 0 Å². The lowest BCUT2D eigenvalue weighted by Crippen LogP contribution is -2.27. The first-order valence-electron chi connectivity index (χ1n) is 5.39. The summed E-state index contributed by atoms with van der Waals surface area (Å²) < 4.78 is 1.55. The molecule has 0 spiro atoms. The summed E-state index contributed by atoms with van der Waals surface area (Å²) in [7, 11) is 0. The van der Waals surface area contributed by atoms with Gasteiger partial charge in [-0.25, -0.2) is 4.79 Å². The smallest absolute Gasteiger partial charge is 0.326 e. The molecule has 0 aliphatic heterocycles. The topological polar surface area (TPSA) is 59.3 Å². The summed E-state index contributed by atoms with van der Waals surface area (Å²) >= 11 is 0. The van der Waals surface area contributed by atoms with Crippen molar-refractivity contribution in [3.63, 3.8) is 0 Å². The van der Waals surface area contributed by atoms with Gasteiger partial charge in [-0.05, 0) is 18.1 Å². The van der Waals surface area contributed by atoms with Crippen LogP contribution in [0.4, 0.5) is 0 Å². The highest BCUT2D eigenvalue weighted by Crippen LogP contribution is 2.23. The van der Waals surface area contributed by atoms with E-state index < -0.39 is 12.0 Å². The molecule has 1 heterocycles. The number of aromatic nitrogens is 1. The van der Waals surface area contributed by atoms with Gasteiger partial charge in [-0.15, -0.1) is 0 Å². The first-order valence-corrected chi connectivity index (χ1v) is 5.39. The van der Waals surface area contributed by atoms with Crippen molar-refractivity contribution >= 4 is 11.8 Å². The minimum absolute atomic E-state index is 0.0111. The quantitative estimate of drug-likeness (QED) is 0.617. The van der Waals surface area contributed by atoms with E-state index in [1.165, 1.54) is 6.92 Å². The van der Waals surface area contributed by atoms with Crippen molar-refractivity contribution in [2.24, 2.45) is 5.92 Å². The first kappa shape index (κ1) is 12.5. The van der Waals surface area contributed by atoms with Crippen LogP contribution in [0.2, 0.25) is 0 Å². The Kier molecular flexibility index (Phi) is 3.88. The van der Waals surface area contributed by atoms with Gasteiger partial charge >= 0.3 is 5.97 Å². The monoisotopic (exact) mass is 224 g/mol. The highest BCUT2D eigenvalue weighted by molar-refractivity contribution is 5.93. The molecule has 0 bridgehead atoms. The van der Waals surface area contributed by atoms with Crippen molar-refractivity contribution < 1.29 is 14.7 Å². The van der Waals surface area contributed by atoms with Crippen LogP contribution in [-0.4, -0.2) is 21.4 Å². The maximum Gasteiger partial charge on any atom is 0.326 e. The summed E-state index contributed by atoms with van der Waals surface area (Å²) in [5.41, 5.74) is 0.452. The molecule has 1 N–H and O–H groups in total. The van der Waals surface area contributed by atoms with E-state index in [9.17, 15) is 14.7 Å². The Hall–Kier alpha value is -1.58. The number of carbonyl (C=O) groups is 2. The Labute approximate surface area is 94.9 Å². The summed E-state index contributed by atoms with van der Waals surface area (Å²) in [6.07, 6.45) is 2.41. The molecule has 2 unspecified atom stereocenters. The Bertz CT molecular complexity index is 395. The Morgan fingerprint density at radius 2 is 2.12 bits per heavy atom. The van der Waals surface area contributed by atoms with Crippen molar-refractivity contribution in [1.29, 1.82) is 0 Å². The molecule has 2 atom stereocenters. The molecule has 0 amide bonds. The fourth-order valence-corrected chi connectivity index (χ4v) is 1.79. The Morgan fingerprint density at radius 3 is 2.56 bits per heavy atom. The van der Waals surface area contributed by atoms with E-state index in [4.69, 9.17) is 0 Å². The van der Waals surface area contributed by atoms with E-state index >= 15 is 0 Å². The van der Waals surface area contributed by atoms with Crippen LogP contribution < -0.4 is 0 Å². The minimum atomic E-state index is -0.895. The van der Waals surface area contributed by atoms with Gasteiger partial charge in [0.15, 0.2) is 5.78 Å². The van der Waals surface area contributed by atoms with Gasteiger partial charge in [-0.3, -0.25) is 4.79 Å².